The Kier molecular flexibility index (Phi) is 7.12. The molecule has 3 heterocycles. The fraction of sp³-hybridized carbons (Fsp3) is 0.269. The Morgan fingerprint density at radius 3 is 2.61 bits per heavy atom. The van der Waals surface area contributed by atoms with Crippen molar-refractivity contribution in [1.82, 2.24) is 14.4 Å². The van der Waals surface area contributed by atoms with E-state index in [0.29, 0.717) is 47.8 Å². The lowest BCUT2D eigenvalue weighted by atomic mass is 10.1. The lowest BCUT2D eigenvalue weighted by Crippen LogP contribution is -2.46. The lowest BCUT2D eigenvalue weighted by Gasteiger charge is -2.28. The van der Waals surface area contributed by atoms with Gasteiger partial charge in [-0.2, -0.15) is 0 Å². The normalized spacial score (nSPS) is 17.6. The molecule has 2 saturated heterocycles. The molecule has 2 fully saturated rings. The minimum atomic E-state index is -0.455. The van der Waals surface area contributed by atoms with Gasteiger partial charge < -0.3 is 14.2 Å². The molecule has 36 heavy (non-hydrogen) atoms. The summed E-state index contributed by atoms with van der Waals surface area (Å²) in [6, 6.07) is 13.3. The van der Waals surface area contributed by atoms with Gasteiger partial charge in [0.25, 0.3) is 11.1 Å². The zero-order chi connectivity index (χ0) is 25.4. The third-order valence-electron chi connectivity index (χ3n) is 6.43. The van der Waals surface area contributed by atoms with Gasteiger partial charge in [-0.1, -0.05) is 47.5 Å². The predicted molar refractivity (Wildman–Crippen MR) is 142 cm³/mol. The first-order valence-corrected chi connectivity index (χ1v) is 13.0. The maximum Gasteiger partial charge on any atom is 0.294 e. The van der Waals surface area contributed by atoms with E-state index in [1.807, 2.05) is 37.3 Å². The molecule has 2 aromatic carbocycles. The molecular formula is C26H23Cl2N3O4S. The van der Waals surface area contributed by atoms with Crippen LogP contribution in [0.3, 0.4) is 0 Å². The average Bonchev–Trinajstić information content (AvgIpc) is 3.29. The van der Waals surface area contributed by atoms with Gasteiger partial charge in [0.1, 0.15) is 6.54 Å². The highest BCUT2D eigenvalue weighted by atomic mass is 35.5. The number of benzene rings is 2. The summed E-state index contributed by atoms with van der Waals surface area (Å²) in [5.74, 6) is -0.710. The van der Waals surface area contributed by atoms with E-state index < -0.39 is 11.1 Å². The van der Waals surface area contributed by atoms with Crippen LogP contribution in [0.1, 0.15) is 16.8 Å². The van der Waals surface area contributed by atoms with Gasteiger partial charge in [-0.3, -0.25) is 19.3 Å². The molecule has 3 aromatic rings. The van der Waals surface area contributed by atoms with E-state index in [1.165, 1.54) is 0 Å². The molecule has 5 rings (SSSR count). The van der Waals surface area contributed by atoms with Crippen molar-refractivity contribution >= 4 is 69.0 Å². The Labute approximate surface area is 222 Å². The minimum Gasteiger partial charge on any atom is -0.378 e. The first kappa shape index (κ1) is 24.9. The molecule has 0 N–H and O–H groups in total. The summed E-state index contributed by atoms with van der Waals surface area (Å²) in [4.78, 5) is 41.4. The van der Waals surface area contributed by atoms with E-state index >= 15 is 0 Å². The Hall–Kier alpha value is -2.78. The first-order valence-electron chi connectivity index (χ1n) is 11.5. The second kappa shape index (κ2) is 10.3. The molecule has 0 atom stereocenters. The highest BCUT2D eigenvalue weighted by Gasteiger charge is 2.37. The second-order valence-corrected chi connectivity index (χ2v) is 10.4. The number of para-hydroxylation sites is 1. The van der Waals surface area contributed by atoms with E-state index in [1.54, 1.807) is 23.1 Å². The summed E-state index contributed by atoms with van der Waals surface area (Å²) in [5.41, 5.74) is 3.67. The smallest absolute Gasteiger partial charge is 0.294 e. The molecule has 1 aromatic heterocycles. The molecular weight excluding hydrogens is 521 g/mol. The van der Waals surface area contributed by atoms with Gasteiger partial charge in [-0.15, -0.1) is 0 Å². The first-order chi connectivity index (χ1) is 17.3. The molecule has 0 radical (unpaired) electrons. The highest BCUT2D eigenvalue weighted by Crippen LogP contribution is 2.36. The quantitative estimate of drug-likeness (QED) is 0.413. The number of halogens is 2. The summed E-state index contributed by atoms with van der Waals surface area (Å²) in [5, 5.41) is 1.66. The van der Waals surface area contributed by atoms with Gasteiger partial charge in [0.05, 0.1) is 18.1 Å². The van der Waals surface area contributed by atoms with Gasteiger partial charge in [-0.25, -0.2) is 0 Å². The molecule has 3 amide bonds. The average molecular weight is 544 g/mol. The zero-order valence-corrected chi connectivity index (χ0v) is 21.8. The molecule has 0 bridgehead atoms. The number of fused-ring (bicyclic) bond motifs is 1. The van der Waals surface area contributed by atoms with E-state index in [2.05, 4.69) is 4.57 Å². The standard InChI is InChI=1S/C26H23Cl2N3O4S/c1-16-20(13-23-25(33)31(26(34)36-23)15-24(32)29-8-10-35-11-9-29)19-4-2-3-5-22(19)30(16)14-17-6-7-18(27)12-21(17)28/h2-7,12-13H,8-11,14-15H2,1H3/b23-13+. The maximum atomic E-state index is 13.1. The van der Waals surface area contributed by atoms with Crippen LogP contribution in [0.25, 0.3) is 17.0 Å². The van der Waals surface area contributed by atoms with Crippen molar-refractivity contribution in [2.45, 2.75) is 13.5 Å². The van der Waals surface area contributed by atoms with Gasteiger partial charge in [-0.05, 0) is 48.5 Å². The summed E-state index contributed by atoms with van der Waals surface area (Å²) in [6.45, 7) is 4.06. The SMILES string of the molecule is Cc1c(/C=C2/SC(=O)N(CC(=O)N3CCOCC3)C2=O)c2ccccc2n1Cc1ccc(Cl)cc1Cl. The van der Waals surface area contributed by atoms with Crippen LogP contribution in [-0.2, 0) is 20.9 Å². The monoisotopic (exact) mass is 543 g/mol. The van der Waals surface area contributed by atoms with Crippen LogP contribution < -0.4 is 0 Å². The van der Waals surface area contributed by atoms with E-state index in [0.717, 1.165) is 44.4 Å². The third kappa shape index (κ3) is 4.78. The summed E-state index contributed by atoms with van der Waals surface area (Å²) in [6.07, 6.45) is 1.75. The maximum absolute atomic E-state index is 13.1. The Morgan fingerprint density at radius 1 is 1.11 bits per heavy atom. The number of hydrogen-bond acceptors (Lipinski definition) is 5. The van der Waals surface area contributed by atoms with E-state index in [4.69, 9.17) is 27.9 Å². The molecule has 0 spiro atoms. The summed E-state index contributed by atoms with van der Waals surface area (Å²) < 4.78 is 7.40. The molecule has 7 nitrogen and oxygen atoms in total. The van der Waals surface area contributed by atoms with Crippen molar-refractivity contribution in [3.63, 3.8) is 0 Å². The Balaban J connectivity index is 1.45. The molecule has 2 aliphatic rings. The minimum absolute atomic E-state index is 0.255. The Morgan fingerprint density at radius 2 is 1.86 bits per heavy atom. The number of morpholine rings is 1. The van der Waals surface area contributed by atoms with Gasteiger partial charge in [0.2, 0.25) is 5.91 Å². The van der Waals surface area contributed by atoms with Crippen molar-refractivity contribution in [2.24, 2.45) is 0 Å². The van der Waals surface area contributed by atoms with E-state index in [-0.39, 0.29) is 12.5 Å². The number of ether oxygens (including phenoxy) is 1. The fourth-order valence-electron chi connectivity index (χ4n) is 4.48. The number of amides is 3. The van der Waals surface area contributed by atoms with Crippen LogP contribution in [0.15, 0.2) is 47.4 Å². The van der Waals surface area contributed by atoms with Gasteiger partial charge in [0.15, 0.2) is 0 Å². The van der Waals surface area contributed by atoms with Crippen LogP contribution >= 0.6 is 35.0 Å². The molecule has 2 aliphatic heterocycles. The molecule has 10 heteroatoms. The van der Waals surface area contributed by atoms with Crippen molar-refractivity contribution in [3.8, 4) is 0 Å². The lowest BCUT2D eigenvalue weighted by molar-refractivity contribution is -0.139. The largest absolute Gasteiger partial charge is 0.378 e. The van der Waals surface area contributed by atoms with Crippen molar-refractivity contribution in [3.05, 3.63) is 74.2 Å². The predicted octanol–water partition coefficient (Wildman–Crippen LogP) is 5.20. The second-order valence-electron chi connectivity index (χ2n) is 8.60. The van der Waals surface area contributed by atoms with Crippen molar-refractivity contribution in [2.75, 3.05) is 32.8 Å². The fourth-order valence-corrected chi connectivity index (χ4v) is 5.77. The Bertz CT molecular complexity index is 1410. The van der Waals surface area contributed by atoms with Crippen LogP contribution in [0.4, 0.5) is 4.79 Å². The molecule has 0 unspecified atom stereocenters. The number of aromatic nitrogens is 1. The van der Waals surface area contributed by atoms with Crippen LogP contribution in [0.2, 0.25) is 10.0 Å². The van der Waals surface area contributed by atoms with Crippen LogP contribution in [0.5, 0.6) is 0 Å². The number of thioether (sulfide) groups is 1. The number of imide groups is 1. The summed E-state index contributed by atoms with van der Waals surface area (Å²) in [7, 11) is 0. The molecule has 186 valence electrons. The third-order valence-corrected chi connectivity index (χ3v) is 7.92. The number of rotatable bonds is 5. The number of carbonyl (C=O) groups is 3. The van der Waals surface area contributed by atoms with Gasteiger partial charge >= 0.3 is 0 Å². The summed E-state index contributed by atoms with van der Waals surface area (Å²) >= 11 is 13.4. The zero-order valence-electron chi connectivity index (χ0n) is 19.5. The highest BCUT2D eigenvalue weighted by molar-refractivity contribution is 8.18. The van der Waals surface area contributed by atoms with Crippen molar-refractivity contribution < 1.29 is 19.1 Å². The molecule has 0 aliphatic carbocycles. The van der Waals surface area contributed by atoms with Crippen LogP contribution in [-0.4, -0.2) is 64.3 Å². The van der Waals surface area contributed by atoms with Gasteiger partial charge in [0, 0.05) is 51.8 Å². The topological polar surface area (TPSA) is 71.9 Å². The number of nitrogens with zero attached hydrogens (tertiary/aromatic N) is 3. The molecule has 0 saturated carbocycles. The number of hydrogen-bond donors (Lipinski definition) is 0. The van der Waals surface area contributed by atoms with Crippen molar-refractivity contribution in [1.29, 1.82) is 0 Å². The van der Waals surface area contributed by atoms with Crippen LogP contribution in [0, 0.1) is 6.92 Å². The van der Waals surface area contributed by atoms with E-state index in [9.17, 15) is 14.4 Å². The number of carbonyl (C=O) groups excluding carboxylic acids is 3.